The standard InChI is InChI=1S/C13H16N10O5S/c1-22-9(11(24)17-13-15-6(27-3)5-7(16-13)28-4)8(10-18-21-23(2)19-10)12(20-22)29(14,25)26/h5H,1-4H3,(H2,14,25,26)(H,15,16,17,24). The summed E-state index contributed by atoms with van der Waals surface area (Å²) in [5, 5.41) is 22.3. The minimum absolute atomic E-state index is 0.137. The summed E-state index contributed by atoms with van der Waals surface area (Å²) in [6.07, 6.45) is 0. The molecule has 0 radical (unpaired) electrons. The number of nitrogens with two attached hydrogens (primary N) is 1. The molecule has 0 bridgehead atoms. The van der Waals surface area contributed by atoms with Crippen LogP contribution in [0.15, 0.2) is 11.1 Å². The monoisotopic (exact) mass is 424 g/mol. The number of hydrogen-bond acceptors (Lipinski definition) is 11. The van der Waals surface area contributed by atoms with Gasteiger partial charge >= 0.3 is 0 Å². The number of tetrazole rings is 1. The Bertz CT molecular complexity index is 1160. The molecule has 0 saturated heterocycles. The maximum absolute atomic E-state index is 12.9. The second-order valence-electron chi connectivity index (χ2n) is 5.53. The summed E-state index contributed by atoms with van der Waals surface area (Å²) in [7, 11) is 1.29. The normalized spacial score (nSPS) is 11.3. The lowest BCUT2D eigenvalue weighted by Gasteiger charge is -2.08. The van der Waals surface area contributed by atoms with Crippen LogP contribution < -0.4 is 19.9 Å². The molecule has 0 fully saturated rings. The van der Waals surface area contributed by atoms with Gasteiger partial charge in [0, 0.05) is 7.05 Å². The zero-order chi connectivity index (χ0) is 21.3. The average Bonchev–Trinajstić information content (AvgIpc) is 3.23. The number of carbonyl (C=O) groups is 1. The predicted molar refractivity (Wildman–Crippen MR) is 95.5 cm³/mol. The third-order valence-corrected chi connectivity index (χ3v) is 4.38. The molecule has 3 aromatic heterocycles. The number of aryl methyl sites for hydroxylation is 2. The average molecular weight is 424 g/mol. The van der Waals surface area contributed by atoms with Gasteiger partial charge in [0.15, 0.2) is 0 Å². The number of nitrogens with one attached hydrogen (secondary N) is 1. The van der Waals surface area contributed by atoms with E-state index in [0.717, 1.165) is 9.48 Å². The Morgan fingerprint density at radius 2 is 1.76 bits per heavy atom. The Balaban J connectivity index is 2.11. The van der Waals surface area contributed by atoms with E-state index in [0.29, 0.717) is 0 Å². The highest BCUT2D eigenvalue weighted by atomic mass is 32.2. The summed E-state index contributed by atoms with van der Waals surface area (Å²) in [6.45, 7) is 0. The van der Waals surface area contributed by atoms with Gasteiger partial charge in [-0.05, 0) is 5.21 Å². The fraction of sp³-hybridized carbons (Fsp3) is 0.308. The van der Waals surface area contributed by atoms with Crippen LogP contribution in [0.2, 0.25) is 0 Å². The minimum atomic E-state index is -4.30. The molecule has 1 amide bonds. The SMILES string of the molecule is COc1cc(OC)nc(NC(=O)c2c(-c3nnn(C)n3)c(S(N)(=O)=O)nn2C)n1. The number of anilines is 1. The van der Waals surface area contributed by atoms with E-state index in [4.69, 9.17) is 14.6 Å². The first-order valence-electron chi connectivity index (χ1n) is 7.76. The highest BCUT2D eigenvalue weighted by Gasteiger charge is 2.32. The van der Waals surface area contributed by atoms with Crippen LogP contribution in [-0.4, -0.2) is 68.5 Å². The predicted octanol–water partition coefficient (Wildman–Crippen LogP) is -1.68. The van der Waals surface area contributed by atoms with Crippen molar-refractivity contribution in [1.29, 1.82) is 0 Å². The van der Waals surface area contributed by atoms with Crippen LogP contribution in [0.25, 0.3) is 11.4 Å². The van der Waals surface area contributed by atoms with Gasteiger partial charge in [0.2, 0.25) is 28.6 Å². The van der Waals surface area contributed by atoms with Crippen molar-refractivity contribution >= 4 is 21.9 Å². The lowest BCUT2D eigenvalue weighted by Crippen LogP contribution is -2.19. The second-order valence-corrected chi connectivity index (χ2v) is 7.01. The van der Waals surface area contributed by atoms with Crippen molar-refractivity contribution in [2.24, 2.45) is 19.2 Å². The number of hydrogen-bond donors (Lipinski definition) is 2. The van der Waals surface area contributed by atoms with Gasteiger partial charge in [-0.1, -0.05) is 0 Å². The number of primary sulfonamides is 1. The van der Waals surface area contributed by atoms with E-state index in [9.17, 15) is 13.2 Å². The molecule has 0 aromatic carbocycles. The molecule has 29 heavy (non-hydrogen) atoms. The highest BCUT2D eigenvalue weighted by molar-refractivity contribution is 7.89. The number of carbonyl (C=O) groups excluding carboxylic acids is 1. The fourth-order valence-electron chi connectivity index (χ4n) is 2.37. The van der Waals surface area contributed by atoms with E-state index in [2.05, 4.69) is 35.8 Å². The largest absolute Gasteiger partial charge is 0.481 e. The summed E-state index contributed by atoms with van der Waals surface area (Å²) in [4.78, 5) is 22.0. The molecule has 0 atom stereocenters. The molecule has 0 saturated carbocycles. The minimum Gasteiger partial charge on any atom is -0.481 e. The number of ether oxygens (including phenoxy) is 2. The number of aromatic nitrogens is 8. The van der Waals surface area contributed by atoms with Crippen LogP contribution in [0.5, 0.6) is 11.8 Å². The molecule has 0 aliphatic rings. The Morgan fingerprint density at radius 3 is 2.24 bits per heavy atom. The van der Waals surface area contributed by atoms with Crippen LogP contribution in [0.4, 0.5) is 5.95 Å². The number of rotatable bonds is 6. The maximum atomic E-state index is 12.9. The smallest absolute Gasteiger partial charge is 0.277 e. The lowest BCUT2D eigenvalue weighted by molar-refractivity contribution is 0.101. The molecule has 0 aliphatic carbocycles. The number of amides is 1. The van der Waals surface area contributed by atoms with Gasteiger partial charge < -0.3 is 9.47 Å². The molecule has 0 spiro atoms. The molecule has 0 aliphatic heterocycles. The lowest BCUT2D eigenvalue weighted by atomic mass is 10.2. The quantitative estimate of drug-likeness (QED) is 0.458. The molecule has 16 heteroatoms. The van der Waals surface area contributed by atoms with Crippen molar-refractivity contribution in [3.05, 3.63) is 11.8 Å². The molecule has 3 rings (SSSR count). The van der Waals surface area contributed by atoms with Crippen LogP contribution in [0.3, 0.4) is 0 Å². The van der Waals surface area contributed by atoms with Crippen molar-refractivity contribution in [1.82, 2.24) is 40.0 Å². The summed E-state index contributed by atoms with van der Waals surface area (Å²) >= 11 is 0. The maximum Gasteiger partial charge on any atom is 0.277 e. The van der Waals surface area contributed by atoms with Gasteiger partial charge in [-0.2, -0.15) is 19.9 Å². The van der Waals surface area contributed by atoms with Crippen molar-refractivity contribution in [3.8, 4) is 23.1 Å². The first kappa shape index (κ1) is 20.1. The van der Waals surface area contributed by atoms with E-state index in [-0.39, 0.29) is 34.8 Å². The van der Waals surface area contributed by atoms with Gasteiger partial charge in [0.1, 0.15) is 5.69 Å². The van der Waals surface area contributed by atoms with Gasteiger partial charge in [0.05, 0.1) is 32.9 Å². The molecule has 154 valence electrons. The van der Waals surface area contributed by atoms with Crippen LogP contribution in [0, 0.1) is 0 Å². The Kier molecular flexibility index (Phi) is 5.12. The van der Waals surface area contributed by atoms with Gasteiger partial charge in [-0.25, -0.2) is 13.6 Å². The molecular weight excluding hydrogens is 408 g/mol. The van der Waals surface area contributed by atoms with Gasteiger partial charge in [-0.15, -0.1) is 10.2 Å². The van der Waals surface area contributed by atoms with E-state index in [1.165, 1.54) is 34.4 Å². The molecular formula is C13H16N10O5S. The highest BCUT2D eigenvalue weighted by Crippen LogP contribution is 2.27. The number of methoxy groups -OCH3 is 2. The molecule has 3 aromatic rings. The Hall–Kier alpha value is -3.66. The zero-order valence-corrected chi connectivity index (χ0v) is 16.5. The topological polar surface area (TPSA) is 195 Å². The third-order valence-electron chi connectivity index (χ3n) is 3.55. The third kappa shape index (κ3) is 3.97. The second kappa shape index (κ2) is 7.40. The van der Waals surface area contributed by atoms with E-state index < -0.39 is 21.0 Å². The Labute approximate surface area is 163 Å². The van der Waals surface area contributed by atoms with Crippen molar-refractivity contribution in [2.75, 3.05) is 19.5 Å². The van der Waals surface area contributed by atoms with Crippen molar-refractivity contribution in [2.45, 2.75) is 5.03 Å². The Morgan fingerprint density at radius 1 is 1.14 bits per heavy atom. The summed E-state index contributed by atoms with van der Waals surface area (Å²) in [6, 6.07) is 1.41. The van der Waals surface area contributed by atoms with E-state index in [1.54, 1.807) is 0 Å². The first-order chi connectivity index (χ1) is 13.6. The molecule has 0 unspecified atom stereocenters. The molecule has 15 nitrogen and oxygen atoms in total. The number of nitrogens with zero attached hydrogens (tertiary/aromatic N) is 8. The first-order valence-corrected chi connectivity index (χ1v) is 9.31. The van der Waals surface area contributed by atoms with Crippen molar-refractivity contribution in [3.63, 3.8) is 0 Å². The summed E-state index contributed by atoms with van der Waals surface area (Å²) in [5.41, 5.74) is -0.414. The summed E-state index contributed by atoms with van der Waals surface area (Å²) < 4.78 is 35.0. The van der Waals surface area contributed by atoms with Gasteiger partial charge in [-0.3, -0.25) is 14.8 Å². The zero-order valence-electron chi connectivity index (χ0n) is 15.7. The van der Waals surface area contributed by atoms with Gasteiger partial charge in [0.25, 0.3) is 15.9 Å². The van der Waals surface area contributed by atoms with Crippen LogP contribution >= 0.6 is 0 Å². The summed E-state index contributed by atoms with van der Waals surface area (Å²) in [5.74, 6) is -0.828. The van der Waals surface area contributed by atoms with E-state index >= 15 is 0 Å². The van der Waals surface area contributed by atoms with Crippen LogP contribution in [-0.2, 0) is 24.1 Å². The van der Waals surface area contributed by atoms with Crippen LogP contribution in [0.1, 0.15) is 10.5 Å². The molecule has 3 N–H and O–H groups in total. The number of sulfonamides is 1. The fourth-order valence-corrected chi connectivity index (χ4v) is 3.08. The van der Waals surface area contributed by atoms with E-state index in [1.807, 2.05) is 0 Å². The van der Waals surface area contributed by atoms with Crippen molar-refractivity contribution < 1.29 is 22.7 Å². The molecule has 3 heterocycles.